The van der Waals surface area contributed by atoms with Crippen LogP contribution in [-0.2, 0) is 19.1 Å². The standard InChI is InChI=1S/C10H14O4/c1-9(2,3)14-8(12)10-4-6(10)5-13-7(10)11/h6H,4-5H2,1-3H3/t6-,10+/m1/s1. The lowest BCUT2D eigenvalue weighted by Crippen LogP contribution is -2.33. The number of fused-ring (bicyclic) bond motifs is 1. The van der Waals surface area contributed by atoms with Crippen LogP contribution in [0.3, 0.4) is 0 Å². The van der Waals surface area contributed by atoms with Crippen LogP contribution in [0.1, 0.15) is 27.2 Å². The van der Waals surface area contributed by atoms with Crippen LogP contribution >= 0.6 is 0 Å². The van der Waals surface area contributed by atoms with Crippen molar-refractivity contribution < 1.29 is 19.1 Å². The van der Waals surface area contributed by atoms with Crippen LogP contribution in [0.4, 0.5) is 0 Å². The van der Waals surface area contributed by atoms with Gasteiger partial charge < -0.3 is 9.47 Å². The lowest BCUT2D eigenvalue weighted by molar-refractivity contribution is -0.168. The van der Waals surface area contributed by atoms with Crippen LogP contribution in [0.25, 0.3) is 0 Å². The van der Waals surface area contributed by atoms with Crippen molar-refractivity contribution in [3.63, 3.8) is 0 Å². The van der Waals surface area contributed by atoms with Crippen LogP contribution in [0.2, 0.25) is 0 Å². The second kappa shape index (κ2) is 2.49. The predicted octanol–water partition coefficient (Wildman–Crippen LogP) is 0.891. The van der Waals surface area contributed by atoms with Gasteiger partial charge in [0.1, 0.15) is 5.60 Å². The summed E-state index contributed by atoms with van der Waals surface area (Å²) in [7, 11) is 0. The SMILES string of the molecule is CC(C)(C)OC(=O)[C@@]12C[C@@H]1COC2=O. The Hall–Kier alpha value is -1.06. The molecule has 0 unspecified atom stereocenters. The van der Waals surface area contributed by atoms with E-state index < -0.39 is 23.0 Å². The first kappa shape index (κ1) is 9.49. The topological polar surface area (TPSA) is 52.6 Å². The van der Waals surface area contributed by atoms with Gasteiger partial charge in [-0.15, -0.1) is 0 Å². The van der Waals surface area contributed by atoms with Crippen LogP contribution in [0.5, 0.6) is 0 Å². The number of hydrogen-bond donors (Lipinski definition) is 0. The van der Waals surface area contributed by atoms with Gasteiger partial charge in [0.2, 0.25) is 0 Å². The summed E-state index contributed by atoms with van der Waals surface area (Å²) in [6.45, 7) is 5.75. The summed E-state index contributed by atoms with van der Waals surface area (Å²) >= 11 is 0. The summed E-state index contributed by atoms with van der Waals surface area (Å²) in [6, 6.07) is 0. The van der Waals surface area contributed by atoms with Crippen molar-refractivity contribution in [1.29, 1.82) is 0 Å². The van der Waals surface area contributed by atoms with Crippen molar-refractivity contribution >= 4 is 11.9 Å². The minimum Gasteiger partial charge on any atom is -0.464 e. The molecule has 0 spiro atoms. The molecule has 1 heterocycles. The third kappa shape index (κ3) is 1.21. The molecule has 1 saturated carbocycles. The second-order valence-corrected chi connectivity index (χ2v) is 4.97. The number of carbonyl (C=O) groups excluding carboxylic acids is 2. The first-order valence-corrected chi connectivity index (χ1v) is 4.77. The summed E-state index contributed by atoms with van der Waals surface area (Å²) in [6.07, 6.45) is 0.598. The van der Waals surface area contributed by atoms with E-state index in [1.807, 2.05) is 0 Å². The highest BCUT2D eigenvalue weighted by molar-refractivity contribution is 6.05. The smallest absolute Gasteiger partial charge is 0.324 e. The van der Waals surface area contributed by atoms with Gasteiger partial charge in [-0.1, -0.05) is 0 Å². The molecular weight excluding hydrogens is 184 g/mol. The molecule has 14 heavy (non-hydrogen) atoms. The maximum Gasteiger partial charge on any atom is 0.324 e. The third-order valence-corrected chi connectivity index (χ3v) is 2.65. The maximum atomic E-state index is 11.7. The lowest BCUT2D eigenvalue weighted by Gasteiger charge is -2.21. The van der Waals surface area contributed by atoms with Gasteiger partial charge in [0, 0.05) is 5.92 Å². The Balaban J connectivity index is 2.10. The van der Waals surface area contributed by atoms with Gasteiger partial charge >= 0.3 is 11.9 Å². The molecule has 2 aliphatic rings. The Bertz CT molecular complexity index is 302. The van der Waals surface area contributed by atoms with Gasteiger partial charge in [0.05, 0.1) is 6.61 Å². The highest BCUT2D eigenvalue weighted by atomic mass is 16.6. The van der Waals surface area contributed by atoms with Crippen molar-refractivity contribution in [2.75, 3.05) is 6.61 Å². The van der Waals surface area contributed by atoms with Crippen molar-refractivity contribution in [1.82, 2.24) is 0 Å². The monoisotopic (exact) mass is 198 g/mol. The molecular formula is C10H14O4. The van der Waals surface area contributed by atoms with E-state index in [1.54, 1.807) is 20.8 Å². The van der Waals surface area contributed by atoms with Crippen LogP contribution in [0, 0.1) is 11.3 Å². The summed E-state index contributed by atoms with van der Waals surface area (Å²) in [5, 5.41) is 0. The van der Waals surface area contributed by atoms with Gasteiger partial charge in [-0.25, -0.2) is 0 Å². The zero-order chi connectivity index (χ0) is 10.6. The quantitative estimate of drug-likeness (QED) is 0.464. The van der Waals surface area contributed by atoms with Gasteiger partial charge in [-0.3, -0.25) is 9.59 Å². The summed E-state index contributed by atoms with van der Waals surface area (Å²) < 4.78 is 10.0. The number of ether oxygens (including phenoxy) is 2. The molecule has 0 N–H and O–H groups in total. The maximum absolute atomic E-state index is 11.7. The third-order valence-electron chi connectivity index (χ3n) is 2.65. The molecule has 0 aromatic heterocycles. The molecule has 4 heteroatoms. The van der Waals surface area contributed by atoms with E-state index in [4.69, 9.17) is 9.47 Å². The molecule has 2 atom stereocenters. The van der Waals surface area contributed by atoms with Gasteiger partial charge in [-0.05, 0) is 27.2 Å². The normalized spacial score (nSPS) is 34.8. The number of esters is 2. The summed E-state index contributed by atoms with van der Waals surface area (Å²) in [5.74, 6) is -0.765. The number of rotatable bonds is 1. The van der Waals surface area contributed by atoms with E-state index in [9.17, 15) is 9.59 Å². The molecule has 2 rings (SSSR count). The molecule has 0 radical (unpaired) electrons. The Morgan fingerprint density at radius 3 is 2.57 bits per heavy atom. The number of cyclic esters (lactones) is 1. The number of carbonyl (C=O) groups is 2. The second-order valence-electron chi connectivity index (χ2n) is 4.97. The van der Waals surface area contributed by atoms with Crippen molar-refractivity contribution in [2.45, 2.75) is 32.8 Å². The summed E-state index contributed by atoms with van der Waals surface area (Å²) in [4.78, 5) is 23.1. The molecule has 78 valence electrons. The van der Waals surface area contributed by atoms with Crippen LogP contribution in [0.15, 0.2) is 0 Å². The first-order chi connectivity index (χ1) is 6.36. The Labute approximate surface area is 82.6 Å². The molecule has 1 saturated heterocycles. The van der Waals surface area contributed by atoms with Crippen molar-refractivity contribution in [2.24, 2.45) is 11.3 Å². The fraction of sp³-hybridized carbons (Fsp3) is 0.800. The fourth-order valence-electron chi connectivity index (χ4n) is 1.79. The van der Waals surface area contributed by atoms with E-state index in [0.717, 1.165) is 0 Å². The molecule has 0 bridgehead atoms. The minimum atomic E-state index is -0.937. The van der Waals surface area contributed by atoms with Crippen molar-refractivity contribution in [3.05, 3.63) is 0 Å². The largest absolute Gasteiger partial charge is 0.464 e. The number of hydrogen-bond acceptors (Lipinski definition) is 4. The molecule has 2 fully saturated rings. The van der Waals surface area contributed by atoms with Crippen molar-refractivity contribution in [3.8, 4) is 0 Å². The zero-order valence-corrected chi connectivity index (χ0v) is 8.62. The molecule has 1 aliphatic carbocycles. The fourth-order valence-corrected chi connectivity index (χ4v) is 1.79. The Morgan fingerprint density at radius 2 is 2.21 bits per heavy atom. The first-order valence-electron chi connectivity index (χ1n) is 4.77. The van der Waals surface area contributed by atoms with E-state index in [1.165, 1.54) is 0 Å². The molecule has 0 amide bonds. The minimum absolute atomic E-state index is 0.0600. The molecule has 0 aromatic rings. The van der Waals surface area contributed by atoms with E-state index >= 15 is 0 Å². The van der Waals surface area contributed by atoms with Gasteiger partial charge in [0.25, 0.3) is 0 Å². The predicted molar refractivity (Wildman–Crippen MR) is 47.3 cm³/mol. The van der Waals surface area contributed by atoms with Gasteiger partial charge in [-0.2, -0.15) is 0 Å². The zero-order valence-electron chi connectivity index (χ0n) is 8.62. The van der Waals surface area contributed by atoms with Crippen LogP contribution in [-0.4, -0.2) is 24.1 Å². The molecule has 0 aromatic carbocycles. The van der Waals surface area contributed by atoms with E-state index in [2.05, 4.69) is 0 Å². The Morgan fingerprint density at radius 1 is 1.57 bits per heavy atom. The highest BCUT2D eigenvalue weighted by Crippen LogP contribution is 2.58. The summed E-state index contributed by atoms with van der Waals surface area (Å²) in [5.41, 5.74) is -1.48. The average Bonchev–Trinajstić information content (AvgIpc) is 2.65. The van der Waals surface area contributed by atoms with E-state index in [0.29, 0.717) is 13.0 Å². The molecule has 1 aliphatic heterocycles. The molecule has 4 nitrogen and oxygen atoms in total. The van der Waals surface area contributed by atoms with Gasteiger partial charge in [0.15, 0.2) is 5.41 Å². The highest BCUT2D eigenvalue weighted by Gasteiger charge is 2.72. The van der Waals surface area contributed by atoms with E-state index in [-0.39, 0.29) is 5.92 Å². The Kier molecular flexibility index (Phi) is 1.69. The lowest BCUT2D eigenvalue weighted by atomic mass is 10.1. The average molecular weight is 198 g/mol. The van der Waals surface area contributed by atoms with Crippen LogP contribution < -0.4 is 0 Å².